The van der Waals surface area contributed by atoms with E-state index in [-0.39, 0.29) is 0 Å². The van der Waals surface area contributed by atoms with Crippen LogP contribution in [0.25, 0.3) is 89.5 Å². The normalized spacial score (nSPS) is 12.9. The van der Waals surface area contributed by atoms with Gasteiger partial charge in [0.1, 0.15) is 11.2 Å². The van der Waals surface area contributed by atoms with Gasteiger partial charge in [-0.15, -0.1) is 0 Å². The summed E-state index contributed by atoms with van der Waals surface area (Å²) in [6, 6.07) is 82.0. The fourth-order valence-electron chi connectivity index (χ4n) is 10.6. The molecule has 12 aromatic rings. The first-order chi connectivity index (χ1) is 34.7. The second kappa shape index (κ2) is 15.9. The van der Waals surface area contributed by atoms with E-state index in [1.165, 1.54) is 27.8 Å². The first-order valence-corrected chi connectivity index (χ1v) is 23.5. The Hall–Kier alpha value is -9.39. The van der Waals surface area contributed by atoms with Crippen LogP contribution >= 0.6 is 0 Å². The highest BCUT2D eigenvalue weighted by Gasteiger charge is 2.47. The number of fused-ring (bicyclic) bond motifs is 8. The maximum Gasteiger partial charge on any atom is 0.170 e. The van der Waals surface area contributed by atoms with Crippen molar-refractivity contribution in [1.82, 2.24) is 15.0 Å². The maximum absolute atomic E-state index is 6.77. The summed E-state index contributed by atoms with van der Waals surface area (Å²) >= 11 is 0. The van der Waals surface area contributed by atoms with Crippen LogP contribution in [-0.4, -0.2) is 15.0 Å². The van der Waals surface area contributed by atoms with Crippen LogP contribution in [0.15, 0.2) is 241 Å². The molecular weight excluding hydrogens is 859 g/mol. The third-order valence-corrected chi connectivity index (χ3v) is 13.9. The monoisotopic (exact) mass is 897 g/mol. The van der Waals surface area contributed by atoms with E-state index in [9.17, 15) is 0 Å². The summed E-state index contributed by atoms with van der Waals surface area (Å²) < 4.78 is 19.9. The Balaban J connectivity index is 0.785. The molecule has 0 amide bonds. The number of hydrogen-bond donors (Lipinski definition) is 0. The van der Waals surface area contributed by atoms with Crippen molar-refractivity contribution in [2.75, 3.05) is 0 Å². The zero-order chi connectivity index (χ0) is 46.2. The van der Waals surface area contributed by atoms with Crippen molar-refractivity contribution >= 4 is 21.9 Å². The number of ether oxygens (including phenoxy) is 2. The number of hydrogen-bond acceptors (Lipinski definition) is 6. The van der Waals surface area contributed by atoms with Gasteiger partial charge in [0.25, 0.3) is 0 Å². The molecule has 0 saturated carbocycles. The molecule has 2 aliphatic rings. The van der Waals surface area contributed by atoms with Gasteiger partial charge in [0.05, 0.1) is 5.41 Å². The van der Waals surface area contributed by atoms with E-state index in [1.54, 1.807) is 0 Å². The summed E-state index contributed by atoms with van der Waals surface area (Å²) in [4.78, 5) is 15.1. The fraction of sp³-hybridized carbons (Fsp3) is 0.0156. The predicted octanol–water partition coefficient (Wildman–Crippen LogP) is 16.4. The second-order valence-corrected chi connectivity index (χ2v) is 17.8. The van der Waals surface area contributed by atoms with E-state index in [1.807, 2.05) is 54.6 Å². The molecule has 0 fully saturated rings. The van der Waals surface area contributed by atoms with Crippen LogP contribution in [0.3, 0.4) is 0 Å². The molecule has 0 bridgehead atoms. The molecule has 0 atom stereocenters. The molecule has 14 rings (SSSR count). The third-order valence-electron chi connectivity index (χ3n) is 13.9. The quantitative estimate of drug-likeness (QED) is 0.159. The lowest BCUT2D eigenvalue weighted by atomic mass is 9.67. The van der Waals surface area contributed by atoms with Gasteiger partial charge in [-0.2, -0.15) is 0 Å². The van der Waals surface area contributed by atoms with Crippen LogP contribution in [0.4, 0.5) is 0 Å². The summed E-state index contributed by atoms with van der Waals surface area (Å²) in [6.07, 6.45) is 0. The number of furan rings is 1. The number of nitrogens with zero attached hydrogens (tertiary/aromatic N) is 3. The lowest BCUT2D eigenvalue weighted by Crippen LogP contribution is -2.28. The van der Waals surface area contributed by atoms with Crippen LogP contribution in [0, 0.1) is 0 Å². The topological polar surface area (TPSA) is 70.3 Å². The molecule has 6 nitrogen and oxygen atoms in total. The van der Waals surface area contributed by atoms with Gasteiger partial charge in [-0.1, -0.05) is 206 Å². The molecule has 328 valence electrons. The van der Waals surface area contributed by atoms with Gasteiger partial charge >= 0.3 is 0 Å². The summed E-state index contributed by atoms with van der Waals surface area (Å²) in [5, 5.41) is 2.21. The number of benzene rings is 10. The van der Waals surface area contributed by atoms with Crippen molar-refractivity contribution in [2.45, 2.75) is 5.41 Å². The van der Waals surface area contributed by atoms with Crippen LogP contribution in [0.1, 0.15) is 22.3 Å². The molecule has 10 aromatic carbocycles. The molecule has 0 spiro atoms. The molecular formula is C64H39N3O3. The first-order valence-electron chi connectivity index (χ1n) is 23.5. The molecule has 6 heteroatoms. The van der Waals surface area contributed by atoms with Crippen molar-refractivity contribution in [3.63, 3.8) is 0 Å². The lowest BCUT2D eigenvalue weighted by Gasteiger charge is -2.34. The number of aromatic nitrogens is 3. The molecule has 70 heavy (non-hydrogen) atoms. The van der Waals surface area contributed by atoms with Crippen molar-refractivity contribution in [3.8, 4) is 90.5 Å². The summed E-state index contributed by atoms with van der Waals surface area (Å²) in [6.45, 7) is 0. The summed E-state index contributed by atoms with van der Waals surface area (Å²) in [5.74, 6) is 4.48. The second-order valence-electron chi connectivity index (χ2n) is 17.8. The first kappa shape index (κ1) is 39.7. The van der Waals surface area contributed by atoms with E-state index in [0.717, 1.165) is 66.4 Å². The van der Waals surface area contributed by atoms with E-state index >= 15 is 0 Å². The molecule has 0 unspecified atom stereocenters. The van der Waals surface area contributed by atoms with Gasteiger partial charge in [0, 0.05) is 33.0 Å². The van der Waals surface area contributed by atoms with Crippen molar-refractivity contribution < 1.29 is 13.9 Å². The maximum atomic E-state index is 6.77. The smallest absolute Gasteiger partial charge is 0.170 e. The average Bonchev–Trinajstić information content (AvgIpc) is 3.96. The highest BCUT2D eigenvalue weighted by Crippen LogP contribution is 2.60. The summed E-state index contributed by atoms with van der Waals surface area (Å²) in [7, 11) is 0. The van der Waals surface area contributed by atoms with E-state index < -0.39 is 5.41 Å². The van der Waals surface area contributed by atoms with Gasteiger partial charge in [-0.3, -0.25) is 0 Å². The largest absolute Gasteiger partial charge is 0.455 e. The molecule has 3 heterocycles. The average molecular weight is 898 g/mol. The third kappa shape index (κ3) is 6.31. The highest BCUT2D eigenvalue weighted by molar-refractivity contribution is 6.09. The van der Waals surface area contributed by atoms with Crippen LogP contribution in [0.5, 0.6) is 23.0 Å². The standard InChI is InChI=1S/C64H39N3O3/c1-4-15-42(16-5-1)61-65-62(67-63(66-61)44-33-29-41(30-34-44)48-23-14-24-51-50-22-11-13-26-55(50)70-60(48)51)43-31-27-40(28-32-43)45-35-36-56-57(37-45)69-58-38-52-49-21-10-12-25-53(49)64(46-17-6-2-7-18-46,47-19-8-3-9-20-47)54(52)39-59(58)68-56/h1-39H. The minimum Gasteiger partial charge on any atom is -0.455 e. The van der Waals surface area contributed by atoms with Gasteiger partial charge in [0.15, 0.2) is 40.5 Å². The fourth-order valence-corrected chi connectivity index (χ4v) is 10.6. The highest BCUT2D eigenvalue weighted by atomic mass is 16.6. The molecule has 2 aromatic heterocycles. The lowest BCUT2D eigenvalue weighted by molar-refractivity contribution is 0.359. The van der Waals surface area contributed by atoms with E-state index in [4.69, 9.17) is 28.8 Å². The van der Waals surface area contributed by atoms with Crippen LogP contribution in [-0.2, 0) is 5.41 Å². The Morgan fingerprint density at radius 1 is 0.300 bits per heavy atom. The minimum absolute atomic E-state index is 0.534. The van der Waals surface area contributed by atoms with E-state index in [2.05, 4.69) is 182 Å². The van der Waals surface area contributed by atoms with Crippen molar-refractivity contribution in [3.05, 3.63) is 259 Å². The Labute approximate surface area is 403 Å². The Morgan fingerprint density at radius 3 is 1.50 bits per heavy atom. The molecule has 0 saturated heterocycles. The minimum atomic E-state index is -0.534. The SMILES string of the molecule is c1ccc(-c2nc(-c3ccc(-c4ccc5c(c4)Oc4cc6c(cc4O5)C(c4ccccc4)(c4ccccc4)c4ccccc4-6)cc3)nc(-c3ccc(-c4cccc5c4oc4ccccc45)cc3)n2)cc1. The molecule has 0 N–H and O–H groups in total. The molecule has 0 radical (unpaired) electrons. The molecule has 1 aliphatic carbocycles. The number of rotatable bonds is 7. The van der Waals surface area contributed by atoms with Gasteiger partial charge < -0.3 is 13.9 Å². The van der Waals surface area contributed by atoms with Gasteiger partial charge in [0.2, 0.25) is 0 Å². The van der Waals surface area contributed by atoms with Gasteiger partial charge in [-0.05, 0) is 80.4 Å². The molecule has 1 aliphatic heterocycles. The Bertz CT molecular complexity index is 3940. The zero-order valence-electron chi connectivity index (χ0n) is 37.6. The Kier molecular flexibility index (Phi) is 9.01. The zero-order valence-corrected chi connectivity index (χ0v) is 37.6. The summed E-state index contributed by atoms with van der Waals surface area (Å²) in [5.41, 5.74) is 15.1. The van der Waals surface area contributed by atoms with Crippen LogP contribution in [0.2, 0.25) is 0 Å². The predicted molar refractivity (Wildman–Crippen MR) is 278 cm³/mol. The van der Waals surface area contributed by atoms with Crippen molar-refractivity contribution in [1.29, 1.82) is 0 Å². The van der Waals surface area contributed by atoms with Gasteiger partial charge in [-0.25, -0.2) is 15.0 Å². The van der Waals surface area contributed by atoms with Crippen molar-refractivity contribution in [2.24, 2.45) is 0 Å². The van der Waals surface area contributed by atoms with E-state index in [0.29, 0.717) is 40.5 Å². The number of para-hydroxylation sites is 2. The van der Waals surface area contributed by atoms with Crippen LogP contribution < -0.4 is 9.47 Å². The Morgan fingerprint density at radius 2 is 0.800 bits per heavy atom.